The third-order valence-corrected chi connectivity index (χ3v) is 5.53. The van der Waals surface area contributed by atoms with Gasteiger partial charge in [-0.1, -0.05) is 42.5 Å². The predicted octanol–water partition coefficient (Wildman–Crippen LogP) is 2.19. The number of benzene rings is 2. The average molecular weight is 465 g/mol. The van der Waals surface area contributed by atoms with E-state index < -0.39 is 35.3 Å². The number of methoxy groups -OCH3 is 1. The van der Waals surface area contributed by atoms with Crippen LogP contribution in [-0.4, -0.2) is 47.5 Å². The Kier molecular flexibility index (Phi) is 7.68. The molecule has 1 fully saturated rings. The van der Waals surface area contributed by atoms with Gasteiger partial charge in [0.1, 0.15) is 17.3 Å². The molecule has 1 saturated heterocycles. The molecule has 2 unspecified atom stereocenters. The summed E-state index contributed by atoms with van der Waals surface area (Å²) in [6.07, 6.45) is 3.84. The lowest BCUT2D eigenvalue weighted by Gasteiger charge is -2.22. The summed E-state index contributed by atoms with van der Waals surface area (Å²) in [6.45, 7) is 3.08. The fourth-order valence-electron chi connectivity index (χ4n) is 3.42. The number of ether oxygens (including phenoxy) is 1. The molecule has 34 heavy (non-hydrogen) atoms. The van der Waals surface area contributed by atoms with E-state index in [2.05, 4.69) is 16.1 Å². The molecule has 0 spiro atoms. The third-order valence-electron chi connectivity index (χ3n) is 5.53. The van der Waals surface area contributed by atoms with E-state index in [-0.39, 0.29) is 0 Å². The Morgan fingerprint density at radius 1 is 1.12 bits per heavy atom. The average Bonchev–Trinajstić information content (AvgIpc) is 3.05. The van der Waals surface area contributed by atoms with Crippen LogP contribution in [0, 0.1) is 0 Å². The van der Waals surface area contributed by atoms with Gasteiger partial charge >= 0.3 is 6.03 Å². The first-order valence-electron chi connectivity index (χ1n) is 10.9. The van der Waals surface area contributed by atoms with Crippen LogP contribution in [0.15, 0.2) is 60.7 Å². The molecular formula is C25H28N4O5. The number of nitrogens with zero attached hydrogens (tertiary/aromatic N) is 1. The van der Waals surface area contributed by atoms with Crippen LogP contribution in [0.4, 0.5) is 4.79 Å². The fourth-order valence-corrected chi connectivity index (χ4v) is 3.42. The first kappa shape index (κ1) is 24.5. The summed E-state index contributed by atoms with van der Waals surface area (Å²) in [7, 11) is 1.56. The smallest absolute Gasteiger partial charge is 0.344 e. The Morgan fingerprint density at radius 3 is 2.44 bits per heavy atom. The van der Waals surface area contributed by atoms with Gasteiger partial charge in [-0.2, -0.15) is 5.01 Å². The maximum atomic E-state index is 12.9. The molecule has 2 aromatic carbocycles. The van der Waals surface area contributed by atoms with Crippen molar-refractivity contribution >= 4 is 29.8 Å². The first-order chi connectivity index (χ1) is 16.2. The number of carbonyl (C=O) groups excluding carboxylic acids is 4. The summed E-state index contributed by atoms with van der Waals surface area (Å²) in [5.41, 5.74) is 2.97. The van der Waals surface area contributed by atoms with Crippen molar-refractivity contribution in [2.45, 2.75) is 38.3 Å². The summed E-state index contributed by atoms with van der Waals surface area (Å²) in [6, 6.07) is 15.0. The number of hydrogen-bond acceptors (Lipinski definition) is 5. The molecular weight excluding hydrogens is 436 g/mol. The molecule has 3 rings (SSSR count). The number of aryl methyl sites for hydroxylation is 1. The number of hydrazine groups is 1. The van der Waals surface area contributed by atoms with Crippen molar-refractivity contribution in [2.24, 2.45) is 0 Å². The Hall–Kier alpha value is -4.14. The number of urea groups is 1. The minimum atomic E-state index is -1.15. The zero-order valence-electron chi connectivity index (χ0n) is 19.3. The van der Waals surface area contributed by atoms with Crippen LogP contribution in [0.5, 0.6) is 5.75 Å². The van der Waals surface area contributed by atoms with Gasteiger partial charge in [0, 0.05) is 6.08 Å². The van der Waals surface area contributed by atoms with E-state index in [0.29, 0.717) is 23.6 Å². The topological polar surface area (TPSA) is 117 Å². The Bertz CT molecular complexity index is 1080. The lowest BCUT2D eigenvalue weighted by molar-refractivity contribution is -0.139. The molecule has 3 N–H and O–H groups in total. The number of carbonyl (C=O) groups is 4. The molecule has 9 heteroatoms. The summed E-state index contributed by atoms with van der Waals surface area (Å²) < 4.78 is 5.09. The van der Waals surface area contributed by atoms with Crippen LogP contribution < -0.4 is 20.8 Å². The molecule has 178 valence electrons. The van der Waals surface area contributed by atoms with Gasteiger partial charge in [0.2, 0.25) is 5.91 Å². The Morgan fingerprint density at radius 2 is 1.79 bits per heavy atom. The molecule has 0 aromatic heterocycles. The maximum absolute atomic E-state index is 12.9. The van der Waals surface area contributed by atoms with Crippen molar-refractivity contribution in [1.82, 2.24) is 21.1 Å². The SMILES string of the molecule is COc1ccc(/C=C/C(=O)NC(C)C(=O)NN2C(=O)NC(C)(CCc3ccccc3)C2=O)cc1. The minimum Gasteiger partial charge on any atom is -0.497 e. The Balaban J connectivity index is 1.53. The van der Waals surface area contributed by atoms with Crippen LogP contribution in [0.2, 0.25) is 0 Å². The summed E-state index contributed by atoms with van der Waals surface area (Å²) in [5.74, 6) is -1.05. The van der Waals surface area contributed by atoms with Crippen LogP contribution in [0.1, 0.15) is 31.4 Å². The van der Waals surface area contributed by atoms with Gasteiger partial charge < -0.3 is 15.4 Å². The second-order valence-electron chi connectivity index (χ2n) is 8.20. The van der Waals surface area contributed by atoms with Gasteiger partial charge in [0.05, 0.1) is 7.11 Å². The largest absolute Gasteiger partial charge is 0.497 e. The Labute approximate surface area is 198 Å². The second-order valence-corrected chi connectivity index (χ2v) is 8.20. The van der Waals surface area contributed by atoms with Crippen LogP contribution in [0.3, 0.4) is 0 Å². The number of nitrogens with one attached hydrogen (secondary N) is 3. The fraction of sp³-hybridized carbons (Fsp3) is 0.280. The molecule has 0 aliphatic carbocycles. The molecule has 1 aliphatic heterocycles. The van der Waals surface area contributed by atoms with Gasteiger partial charge in [-0.15, -0.1) is 0 Å². The van der Waals surface area contributed by atoms with Crippen molar-refractivity contribution in [1.29, 1.82) is 0 Å². The van der Waals surface area contributed by atoms with Crippen molar-refractivity contribution in [3.8, 4) is 5.75 Å². The van der Waals surface area contributed by atoms with Gasteiger partial charge in [0.15, 0.2) is 0 Å². The van der Waals surface area contributed by atoms with Gasteiger partial charge in [-0.3, -0.25) is 19.8 Å². The quantitative estimate of drug-likeness (QED) is 0.389. The van der Waals surface area contributed by atoms with E-state index in [1.807, 2.05) is 30.3 Å². The minimum absolute atomic E-state index is 0.371. The molecule has 2 aromatic rings. The van der Waals surface area contributed by atoms with Crippen LogP contribution in [-0.2, 0) is 20.8 Å². The highest BCUT2D eigenvalue weighted by molar-refractivity contribution is 6.08. The van der Waals surface area contributed by atoms with E-state index in [4.69, 9.17) is 4.74 Å². The number of rotatable bonds is 9. The highest BCUT2D eigenvalue weighted by Gasteiger charge is 2.48. The monoisotopic (exact) mass is 464 g/mol. The summed E-state index contributed by atoms with van der Waals surface area (Å²) in [5, 5.41) is 5.83. The van der Waals surface area contributed by atoms with Crippen molar-refractivity contribution < 1.29 is 23.9 Å². The molecule has 0 saturated carbocycles. The number of amides is 5. The van der Waals surface area contributed by atoms with Gasteiger partial charge in [-0.05, 0) is 56.0 Å². The van der Waals surface area contributed by atoms with E-state index >= 15 is 0 Å². The maximum Gasteiger partial charge on any atom is 0.344 e. The van der Waals surface area contributed by atoms with E-state index in [1.54, 1.807) is 44.4 Å². The zero-order valence-corrected chi connectivity index (χ0v) is 19.3. The van der Waals surface area contributed by atoms with Gasteiger partial charge in [0.25, 0.3) is 11.8 Å². The van der Waals surface area contributed by atoms with Crippen molar-refractivity contribution in [3.05, 3.63) is 71.8 Å². The summed E-state index contributed by atoms with van der Waals surface area (Å²) >= 11 is 0. The highest BCUT2D eigenvalue weighted by atomic mass is 16.5. The van der Waals surface area contributed by atoms with E-state index in [0.717, 1.165) is 11.1 Å². The predicted molar refractivity (Wildman–Crippen MR) is 126 cm³/mol. The number of imide groups is 1. The molecule has 1 heterocycles. The lowest BCUT2D eigenvalue weighted by atomic mass is 9.93. The molecule has 2 atom stereocenters. The zero-order chi connectivity index (χ0) is 24.7. The second kappa shape index (κ2) is 10.7. The molecule has 1 aliphatic rings. The first-order valence-corrected chi connectivity index (χ1v) is 10.9. The van der Waals surface area contributed by atoms with Crippen LogP contribution >= 0.6 is 0 Å². The third kappa shape index (κ3) is 6.00. The standard InChI is InChI=1S/C25H28N4O5/c1-17(26-21(30)14-11-19-9-12-20(34-3)13-10-19)22(31)28-29-23(32)25(2,27-24(29)33)16-15-18-7-5-4-6-8-18/h4-14,17H,15-16H2,1-3H3,(H,26,30)(H,27,33)(H,28,31)/b14-11+. The van der Waals surface area contributed by atoms with Crippen molar-refractivity contribution in [2.75, 3.05) is 7.11 Å². The molecule has 9 nitrogen and oxygen atoms in total. The van der Waals surface area contributed by atoms with E-state index in [1.165, 1.54) is 13.0 Å². The lowest BCUT2D eigenvalue weighted by Crippen LogP contribution is -2.54. The summed E-state index contributed by atoms with van der Waals surface area (Å²) in [4.78, 5) is 49.9. The van der Waals surface area contributed by atoms with E-state index in [9.17, 15) is 19.2 Å². The van der Waals surface area contributed by atoms with Gasteiger partial charge in [-0.25, -0.2) is 4.79 Å². The number of hydrogen-bond donors (Lipinski definition) is 3. The normalized spacial score (nSPS) is 18.5. The highest BCUT2D eigenvalue weighted by Crippen LogP contribution is 2.22. The molecule has 0 bridgehead atoms. The van der Waals surface area contributed by atoms with Crippen molar-refractivity contribution in [3.63, 3.8) is 0 Å². The van der Waals surface area contributed by atoms with Crippen LogP contribution in [0.25, 0.3) is 6.08 Å². The molecule has 0 radical (unpaired) electrons. The molecule has 5 amide bonds.